The normalized spacial score (nSPS) is 20.0. The van der Waals surface area contributed by atoms with E-state index in [1.54, 1.807) is 18.5 Å². The fraction of sp³-hybridized carbons (Fsp3) is 0.389. The van der Waals surface area contributed by atoms with Gasteiger partial charge >= 0.3 is 18.2 Å². The molecule has 0 bridgehead atoms. The lowest BCUT2D eigenvalue weighted by molar-refractivity contribution is -0.137. The van der Waals surface area contributed by atoms with Crippen molar-refractivity contribution < 1.29 is 22.7 Å². The quantitative estimate of drug-likeness (QED) is 0.840. The van der Waals surface area contributed by atoms with Gasteiger partial charge in [-0.3, -0.25) is 0 Å². The molecular formula is C18H19F3N4O2. The summed E-state index contributed by atoms with van der Waals surface area (Å²) in [5.41, 5.74) is -0.451. The number of carbonyl (C=O) groups excluding carboxylic acids is 1. The molecule has 6 nitrogen and oxygen atoms in total. The zero-order valence-electron chi connectivity index (χ0n) is 14.4. The molecule has 1 heterocycles. The molecule has 27 heavy (non-hydrogen) atoms. The summed E-state index contributed by atoms with van der Waals surface area (Å²) in [4.78, 5) is 20.1. The predicted octanol–water partition coefficient (Wildman–Crippen LogP) is 4.01. The maximum atomic E-state index is 12.5. The molecule has 144 valence electrons. The zero-order chi connectivity index (χ0) is 19.3. The van der Waals surface area contributed by atoms with Crippen molar-refractivity contribution in [1.29, 1.82) is 0 Å². The molecule has 1 saturated carbocycles. The molecule has 2 amide bonds. The molecule has 1 aliphatic carbocycles. The molecule has 3 rings (SSSR count). The fourth-order valence-corrected chi connectivity index (χ4v) is 2.92. The van der Waals surface area contributed by atoms with E-state index < -0.39 is 17.8 Å². The molecule has 0 spiro atoms. The van der Waals surface area contributed by atoms with Gasteiger partial charge in [0.15, 0.2) is 0 Å². The van der Waals surface area contributed by atoms with E-state index in [0.717, 1.165) is 37.8 Å². The van der Waals surface area contributed by atoms with Crippen molar-refractivity contribution >= 4 is 11.7 Å². The second kappa shape index (κ2) is 8.24. The maximum Gasteiger partial charge on any atom is 0.416 e. The Hall–Kier alpha value is -2.84. The van der Waals surface area contributed by atoms with Crippen molar-refractivity contribution in [3.63, 3.8) is 0 Å². The number of ether oxygens (including phenoxy) is 1. The van der Waals surface area contributed by atoms with Gasteiger partial charge in [0.25, 0.3) is 0 Å². The van der Waals surface area contributed by atoms with Crippen LogP contribution in [0, 0.1) is 0 Å². The third-order valence-corrected chi connectivity index (χ3v) is 4.29. The minimum absolute atomic E-state index is 0.00317. The van der Waals surface area contributed by atoms with Crippen molar-refractivity contribution in [3.05, 3.63) is 48.3 Å². The van der Waals surface area contributed by atoms with Crippen LogP contribution in [0.3, 0.4) is 0 Å². The van der Waals surface area contributed by atoms with Crippen LogP contribution in [0.25, 0.3) is 0 Å². The van der Waals surface area contributed by atoms with Crippen LogP contribution in [0.1, 0.15) is 31.2 Å². The first-order valence-electron chi connectivity index (χ1n) is 8.58. The number of anilines is 1. The van der Waals surface area contributed by atoms with E-state index in [1.807, 2.05) is 0 Å². The number of urea groups is 1. The van der Waals surface area contributed by atoms with Crippen LogP contribution < -0.4 is 15.4 Å². The van der Waals surface area contributed by atoms with Gasteiger partial charge in [-0.25, -0.2) is 14.8 Å². The number of amides is 2. The Morgan fingerprint density at radius 2 is 1.67 bits per heavy atom. The lowest BCUT2D eigenvalue weighted by Gasteiger charge is -2.28. The van der Waals surface area contributed by atoms with E-state index in [1.165, 1.54) is 12.1 Å². The third kappa shape index (κ3) is 5.57. The number of halogens is 3. The van der Waals surface area contributed by atoms with Gasteiger partial charge < -0.3 is 15.4 Å². The third-order valence-electron chi connectivity index (χ3n) is 4.29. The van der Waals surface area contributed by atoms with Crippen LogP contribution in [-0.4, -0.2) is 28.1 Å². The number of rotatable bonds is 4. The molecule has 2 N–H and O–H groups in total. The molecule has 1 aliphatic rings. The molecule has 0 radical (unpaired) electrons. The number of nitrogens with one attached hydrogen (secondary N) is 2. The Morgan fingerprint density at radius 3 is 2.26 bits per heavy atom. The first-order valence-corrected chi connectivity index (χ1v) is 8.58. The number of hydrogen-bond donors (Lipinski definition) is 2. The van der Waals surface area contributed by atoms with Gasteiger partial charge in [-0.2, -0.15) is 13.2 Å². The fourth-order valence-electron chi connectivity index (χ4n) is 2.92. The highest BCUT2D eigenvalue weighted by atomic mass is 19.4. The van der Waals surface area contributed by atoms with Crippen LogP contribution in [0.2, 0.25) is 0 Å². The zero-order valence-corrected chi connectivity index (χ0v) is 14.4. The van der Waals surface area contributed by atoms with Gasteiger partial charge in [-0.05, 0) is 56.0 Å². The van der Waals surface area contributed by atoms with E-state index in [4.69, 9.17) is 4.74 Å². The van der Waals surface area contributed by atoms with E-state index in [2.05, 4.69) is 20.6 Å². The second-order valence-electron chi connectivity index (χ2n) is 6.30. The summed E-state index contributed by atoms with van der Waals surface area (Å²) in [5, 5.41) is 5.39. The van der Waals surface area contributed by atoms with Crippen molar-refractivity contribution in [2.45, 2.75) is 44.0 Å². The minimum atomic E-state index is -4.40. The summed E-state index contributed by atoms with van der Waals surface area (Å²) in [5.74, 6) is 0. The molecule has 9 heteroatoms. The molecule has 1 aromatic heterocycles. The maximum absolute atomic E-state index is 12.5. The van der Waals surface area contributed by atoms with E-state index >= 15 is 0 Å². The first kappa shape index (κ1) is 18.9. The van der Waals surface area contributed by atoms with Crippen LogP contribution in [-0.2, 0) is 6.18 Å². The molecule has 0 atom stereocenters. The highest BCUT2D eigenvalue weighted by Gasteiger charge is 2.30. The van der Waals surface area contributed by atoms with Crippen molar-refractivity contribution in [3.8, 4) is 6.01 Å². The highest BCUT2D eigenvalue weighted by molar-refractivity contribution is 5.89. The lowest BCUT2D eigenvalue weighted by Crippen LogP contribution is -2.41. The monoisotopic (exact) mass is 380 g/mol. The summed E-state index contributed by atoms with van der Waals surface area (Å²) >= 11 is 0. The van der Waals surface area contributed by atoms with Gasteiger partial charge in [-0.1, -0.05) is 0 Å². The molecule has 2 aromatic rings. The molecule has 1 aromatic carbocycles. The SMILES string of the molecule is O=C(Nc1ccc(C(F)(F)F)cc1)NC1CCC(Oc2ncccn2)CC1. The average molecular weight is 380 g/mol. The number of benzene rings is 1. The van der Waals surface area contributed by atoms with E-state index in [-0.39, 0.29) is 12.1 Å². The van der Waals surface area contributed by atoms with Crippen LogP contribution >= 0.6 is 0 Å². The van der Waals surface area contributed by atoms with Gasteiger partial charge in [0.05, 0.1) is 5.56 Å². The van der Waals surface area contributed by atoms with Gasteiger partial charge in [0, 0.05) is 24.1 Å². The predicted molar refractivity (Wildman–Crippen MR) is 92.3 cm³/mol. The van der Waals surface area contributed by atoms with Gasteiger partial charge in [-0.15, -0.1) is 0 Å². The lowest BCUT2D eigenvalue weighted by atomic mass is 9.93. The molecule has 0 saturated heterocycles. The number of nitrogens with zero attached hydrogens (tertiary/aromatic N) is 2. The average Bonchev–Trinajstić information content (AvgIpc) is 2.64. The Morgan fingerprint density at radius 1 is 1.04 bits per heavy atom. The van der Waals surface area contributed by atoms with Crippen LogP contribution in [0.4, 0.5) is 23.7 Å². The Balaban J connectivity index is 1.43. The molecule has 0 aliphatic heterocycles. The molecular weight excluding hydrogens is 361 g/mol. The Bertz CT molecular complexity index is 745. The highest BCUT2D eigenvalue weighted by Crippen LogP contribution is 2.29. The minimum Gasteiger partial charge on any atom is -0.460 e. The van der Waals surface area contributed by atoms with Crippen molar-refractivity contribution in [1.82, 2.24) is 15.3 Å². The summed E-state index contributed by atoms with van der Waals surface area (Å²) in [7, 11) is 0. The van der Waals surface area contributed by atoms with Gasteiger partial charge in [0.1, 0.15) is 6.10 Å². The summed E-state index contributed by atoms with van der Waals surface area (Å²) in [6.07, 6.45) is 1.81. The second-order valence-corrected chi connectivity index (χ2v) is 6.30. The topological polar surface area (TPSA) is 76.1 Å². The Kier molecular flexibility index (Phi) is 5.78. The summed E-state index contributed by atoms with van der Waals surface area (Å²) < 4.78 is 43.3. The smallest absolute Gasteiger partial charge is 0.416 e. The Labute approximate surface area is 154 Å². The number of carbonyl (C=O) groups is 1. The molecule has 0 unspecified atom stereocenters. The summed E-state index contributed by atoms with van der Waals surface area (Å²) in [6.45, 7) is 0. The van der Waals surface area contributed by atoms with Crippen molar-refractivity contribution in [2.75, 3.05) is 5.32 Å². The number of alkyl halides is 3. The summed E-state index contributed by atoms with van der Waals surface area (Å²) in [6, 6.07) is 5.92. The van der Waals surface area contributed by atoms with Crippen molar-refractivity contribution in [2.24, 2.45) is 0 Å². The number of aromatic nitrogens is 2. The van der Waals surface area contributed by atoms with E-state index in [9.17, 15) is 18.0 Å². The number of hydrogen-bond acceptors (Lipinski definition) is 4. The first-order chi connectivity index (χ1) is 12.9. The largest absolute Gasteiger partial charge is 0.460 e. The van der Waals surface area contributed by atoms with Gasteiger partial charge in [0.2, 0.25) is 0 Å². The van der Waals surface area contributed by atoms with Crippen LogP contribution in [0.15, 0.2) is 42.7 Å². The molecule has 1 fully saturated rings. The van der Waals surface area contributed by atoms with E-state index in [0.29, 0.717) is 11.7 Å². The standard InChI is InChI=1S/C18H19F3N4O2/c19-18(20,21)12-2-4-13(5-3-12)24-16(26)25-14-6-8-15(9-7-14)27-17-22-10-1-11-23-17/h1-5,10-11,14-15H,6-9H2,(H2,24,25,26). The van der Waals surface area contributed by atoms with Crippen LogP contribution in [0.5, 0.6) is 6.01 Å².